The molecule has 0 atom stereocenters. The molecule has 0 bridgehead atoms. The van der Waals surface area contributed by atoms with Crippen LogP contribution in [0.25, 0.3) is 0 Å². The third-order valence-electron chi connectivity index (χ3n) is 2.68. The van der Waals surface area contributed by atoms with Gasteiger partial charge in [0.05, 0.1) is 4.90 Å². The summed E-state index contributed by atoms with van der Waals surface area (Å²) >= 11 is 1.70. The molecule has 0 unspecified atom stereocenters. The van der Waals surface area contributed by atoms with E-state index in [1.54, 1.807) is 29.5 Å². The summed E-state index contributed by atoms with van der Waals surface area (Å²) in [4.78, 5) is 1.61. The van der Waals surface area contributed by atoms with Crippen molar-refractivity contribution in [3.05, 3.63) is 46.2 Å². The van der Waals surface area contributed by atoms with Crippen molar-refractivity contribution >= 4 is 26.9 Å². The molecular weight excluding hydrogens is 266 g/mol. The van der Waals surface area contributed by atoms with Crippen LogP contribution in [0.3, 0.4) is 0 Å². The van der Waals surface area contributed by atoms with Crippen molar-refractivity contribution in [2.45, 2.75) is 18.4 Å². The Labute approximate surface area is 111 Å². The van der Waals surface area contributed by atoms with Gasteiger partial charge in [-0.1, -0.05) is 6.07 Å². The summed E-state index contributed by atoms with van der Waals surface area (Å²) < 4.78 is 22.9. The standard InChI is InChI=1S/C13H15NO2S2/c1-10-6-7-17-13(10)9-14-11-4-3-5-12(8-11)18(2,15)16/h3-8,14H,9H2,1-2H3. The van der Waals surface area contributed by atoms with E-state index in [9.17, 15) is 8.42 Å². The Hall–Kier alpha value is -1.33. The number of thiophene rings is 1. The van der Waals surface area contributed by atoms with Crippen molar-refractivity contribution in [3.8, 4) is 0 Å². The fourth-order valence-electron chi connectivity index (χ4n) is 1.60. The monoisotopic (exact) mass is 281 g/mol. The van der Waals surface area contributed by atoms with E-state index >= 15 is 0 Å². The summed E-state index contributed by atoms with van der Waals surface area (Å²) in [6.07, 6.45) is 1.22. The second-order valence-electron chi connectivity index (χ2n) is 4.18. The molecule has 1 aromatic heterocycles. The number of benzene rings is 1. The largest absolute Gasteiger partial charge is 0.380 e. The lowest BCUT2D eigenvalue weighted by Gasteiger charge is -2.07. The summed E-state index contributed by atoms with van der Waals surface area (Å²) in [6, 6.07) is 8.97. The van der Waals surface area contributed by atoms with Crippen molar-refractivity contribution in [2.24, 2.45) is 0 Å². The average Bonchev–Trinajstić information content (AvgIpc) is 2.72. The predicted octanol–water partition coefficient (Wildman–Crippen LogP) is 3.07. The molecule has 18 heavy (non-hydrogen) atoms. The first-order chi connectivity index (χ1) is 8.47. The van der Waals surface area contributed by atoms with E-state index in [1.165, 1.54) is 16.7 Å². The number of hydrogen-bond donors (Lipinski definition) is 1. The Morgan fingerprint density at radius 1 is 1.28 bits per heavy atom. The van der Waals surface area contributed by atoms with E-state index in [-0.39, 0.29) is 0 Å². The minimum Gasteiger partial charge on any atom is -0.380 e. The van der Waals surface area contributed by atoms with Crippen LogP contribution in [0.15, 0.2) is 40.6 Å². The van der Waals surface area contributed by atoms with E-state index in [4.69, 9.17) is 0 Å². The lowest BCUT2D eigenvalue weighted by molar-refractivity contribution is 0.602. The van der Waals surface area contributed by atoms with Crippen LogP contribution in [0.5, 0.6) is 0 Å². The van der Waals surface area contributed by atoms with Crippen molar-refractivity contribution in [2.75, 3.05) is 11.6 Å². The van der Waals surface area contributed by atoms with E-state index in [2.05, 4.69) is 23.7 Å². The molecule has 0 saturated carbocycles. The van der Waals surface area contributed by atoms with Crippen molar-refractivity contribution < 1.29 is 8.42 Å². The molecule has 96 valence electrons. The molecule has 5 heteroatoms. The van der Waals surface area contributed by atoms with E-state index in [0.717, 1.165) is 12.2 Å². The molecule has 3 nitrogen and oxygen atoms in total. The molecule has 0 saturated heterocycles. The topological polar surface area (TPSA) is 46.2 Å². The minimum atomic E-state index is -3.14. The van der Waals surface area contributed by atoms with Gasteiger partial charge in [0.1, 0.15) is 0 Å². The molecule has 0 spiro atoms. The lowest BCUT2D eigenvalue weighted by Crippen LogP contribution is -2.01. The van der Waals surface area contributed by atoms with E-state index < -0.39 is 9.84 Å². The summed E-state index contributed by atoms with van der Waals surface area (Å²) in [6.45, 7) is 2.79. The van der Waals surface area contributed by atoms with Crippen molar-refractivity contribution in [1.29, 1.82) is 0 Å². The molecule has 2 rings (SSSR count). The first kappa shape index (κ1) is 13.1. The van der Waals surface area contributed by atoms with Gasteiger partial charge in [-0.3, -0.25) is 0 Å². The highest BCUT2D eigenvalue weighted by atomic mass is 32.2. The SMILES string of the molecule is Cc1ccsc1CNc1cccc(S(C)(=O)=O)c1. The van der Waals surface area contributed by atoms with Crippen LogP contribution in [-0.4, -0.2) is 14.7 Å². The average molecular weight is 281 g/mol. The summed E-state index contributed by atoms with van der Waals surface area (Å²) in [5.74, 6) is 0. The zero-order chi connectivity index (χ0) is 13.2. The first-order valence-corrected chi connectivity index (χ1v) is 8.31. The van der Waals surface area contributed by atoms with Gasteiger partial charge in [-0.25, -0.2) is 8.42 Å². The van der Waals surface area contributed by atoms with Crippen LogP contribution >= 0.6 is 11.3 Å². The number of anilines is 1. The van der Waals surface area contributed by atoms with Gasteiger partial charge >= 0.3 is 0 Å². The van der Waals surface area contributed by atoms with Crippen LogP contribution in [0.1, 0.15) is 10.4 Å². The van der Waals surface area contributed by atoms with E-state index in [1.807, 2.05) is 6.07 Å². The summed E-state index contributed by atoms with van der Waals surface area (Å²) in [5, 5.41) is 5.30. The van der Waals surface area contributed by atoms with Gasteiger partial charge in [0.15, 0.2) is 9.84 Å². The zero-order valence-corrected chi connectivity index (χ0v) is 11.9. The van der Waals surface area contributed by atoms with Gasteiger partial charge in [0.2, 0.25) is 0 Å². The smallest absolute Gasteiger partial charge is 0.175 e. The fourth-order valence-corrected chi connectivity index (χ4v) is 3.12. The van der Waals surface area contributed by atoms with Gasteiger partial charge in [0.25, 0.3) is 0 Å². The highest BCUT2D eigenvalue weighted by Gasteiger charge is 2.07. The van der Waals surface area contributed by atoms with E-state index in [0.29, 0.717) is 4.90 Å². The van der Waals surface area contributed by atoms with Gasteiger partial charge in [-0.15, -0.1) is 11.3 Å². The maximum Gasteiger partial charge on any atom is 0.175 e. The third kappa shape index (κ3) is 3.11. The zero-order valence-electron chi connectivity index (χ0n) is 10.3. The Balaban J connectivity index is 2.13. The van der Waals surface area contributed by atoms with Gasteiger partial charge in [-0.05, 0) is 42.1 Å². The molecular formula is C13H15NO2S2. The quantitative estimate of drug-likeness (QED) is 0.937. The highest BCUT2D eigenvalue weighted by Crippen LogP contribution is 2.19. The molecule has 0 aliphatic rings. The maximum absolute atomic E-state index is 11.4. The molecule has 0 amide bonds. The molecule has 1 heterocycles. The van der Waals surface area contributed by atoms with Gasteiger partial charge in [-0.2, -0.15) is 0 Å². The number of aryl methyl sites for hydroxylation is 1. The first-order valence-electron chi connectivity index (χ1n) is 5.54. The van der Waals surface area contributed by atoms with Crippen molar-refractivity contribution in [1.82, 2.24) is 0 Å². The molecule has 0 fully saturated rings. The van der Waals surface area contributed by atoms with Gasteiger partial charge in [0, 0.05) is 23.4 Å². The van der Waals surface area contributed by atoms with Crippen LogP contribution in [0, 0.1) is 6.92 Å². The highest BCUT2D eigenvalue weighted by molar-refractivity contribution is 7.90. The Bertz CT molecular complexity index is 645. The molecule has 1 aromatic carbocycles. The molecule has 0 radical (unpaired) electrons. The number of hydrogen-bond acceptors (Lipinski definition) is 4. The van der Waals surface area contributed by atoms with Crippen LogP contribution in [0.4, 0.5) is 5.69 Å². The number of nitrogens with one attached hydrogen (secondary N) is 1. The maximum atomic E-state index is 11.4. The predicted molar refractivity (Wildman–Crippen MR) is 75.9 cm³/mol. The molecule has 0 aliphatic heterocycles. The lowest BCUT2D eigenvalue weighted by atomic mass is 10.2. The third-order valence-corrected chi connectivity index (χ3v) is 4.82. The van der Waals surface area contributed by atoms with Crippen LogP contribution in [0.2, 0.25) is 0 Å². The fraction of sp³-hybridized carbons (Fsp3) is 0.231. The minimum absolute atomic E-state index is 0.343. The Morgan fingerprint density at radius 3 is 2.67 bits per heavy atom. The van der Waals surface area contributed by atoms with Crippen molar-refractivity contribution in [3.63, 3.8) is 0 Å². The normalized spacial score (nSPS) is 11.4. The number of rotatable bonds is 4. The van der Waals surface area contributed by atoms with Crippen LogP contribution < -0.4 is 5.32 Å². The second-order valence-corrected chi connectivity index (χ2v) is 7.20. The molecule has 1 N–H and O–H groups in total. The second kappa shape index (κ2) is 5.12. The summed E-state index contributed by atoms with van der Waals surface area (Å²) in [7, 11) is -3.14. The molecule has 0 aliphatic carbocycles. The Morgan fingerprint density at radius 2 is 2.06 bits per heavy atom. The Kier molecular flexibility index (Phi) is 3.73. The number of sulfone groups is 1. The molecule has 2 aromatic rings. The summed E-state index contributed by atoms with van der Waals surface area (Å²) in [5.41, 5.74) is 2.08. The van der Waals surface area contributed by atoms with Gasteiger partial charge < -0.3 is 5.32 Å². The van der Waals surface area contributed by atoms with Crippen LogP contribution in [-0.2, 0) is 16.4 Å².